The van der Waals surface area contributed by atoms with Crippen molar-refractivity contribution in [3.05, 3.63) is 92.3 Å². The Morgan fingerprint density at radius 3 is 2.29 bits per heavy atom. The Morgan fingerprint density at radius 2 is 1.65 bits per heavy atom. The van der Waals surface area contributed by atoms with E-state index in [0.717, 1.165) is 40.6 Å². The number of halogens is 2. The summed E-state index contributed by atoms with van der Waals surface area (Å²) in [6.45, 7) is 0.854. The molecule has 0 atom stereocenters. The predicted molar refractivity (Wildman–Crippen MR) is 137 cm³/mol. The monoisotopic (exact) mass is 542 g/mol. The van der Waals surface area contributed by atoms with Crippen LogP contribution >= 0.6 is 27.3 Å². The molecule has 0 aliphatic heterocycles. The van der Waals surface area contributed by atoms with E-state index in [1.807, 2.05) is 29.6 Å². The van der Waals surface area contributed by atoms with Gasteiger partial charge in [0.2, 0.25) is 5.91 Å². The highest BCUT2D eigenvalue weighted by Gasteiger charge is 2.30. The highest BCUT2D eigenvalue weighted by atomic mass is 79.9. The lowest BCUT2D eigenvalue weighted by molar-refractivity contribution is -0.133. The van der Waals surface area contributed by atoms with Gasteiger partial charge >= 0.3 is 0 Å². The van der Waals surface area contributed by atoms with Crippen molar-refractivity contribution in [2.75, 3.05) is 6.54 Å². The summed E-state index contributed by atoms with van der Waals surface area (Å²) in [6.07, 6.45) is 5.13. The van der Waals surface area contributed by atoms with Crippen molar-refractivity contribution in [3.8, 4) is 0 Å². The molecular formula is C27H28BrFN2O2S. The topological polar surface area (TPSA) is 40.6 Å². The normalized spacial score (nSPS) is 14.1. The minimum atomic E-state index is -0.302. The fourth-order valence-electron chi connectivity index (χ4n) is 4.40. The Labute approximate surface area is 212 Å². The van der Waals surface area contributed by atoms with Gasteiger partial charge in [0, 0.05) is 27.5 Å². The number of thiophene rings is 1. The zero-order chi connectivity index (χ0) is 23.9. The van der Waals surface area contributed by atoms with Crippen LogP contribution in [0.3, 0.4) is 0 Å². The third-order valence-corrected chi connectivity index (χ3v) is 7.63. The summed E-state index contributed by atoms with van der Waals surface area (Å²) >= 11 is 5.02. The van der Waals surface area contributed by atoms with Crippen LogP contribution in [0, 0.1) is 5.82 Å². The van der Waals surface area contributed by atoms with E-state index in [1.54, 1.807) is 45.4 Å². The molecule has 1 aliphatic rings. The maximum atomic E-state index is 13.6. The Kier molecular flexibility index (Phi) is 8.51. The first-order chi connectivity index (χ1) is 16.5. The summed E-state index contributed by atoms with van der Waals surface area (Å²) in [7, 11) is 0. The molecule has 0 spiro atoms. The zero-order valence-corrected chi connectivity index (χ0v) is 21.4. The minimum Gasteiger partial charge on any atom is -0.332 e. The van der Waals surface area contributed by atoms with Gasteiger partial charge in [-0.05, 0) is 66.2 Å². The van der Waals surface area contributed by atoms with E-state index in [0.29, 0.717) is 18.7 Å². The van der Waals surface area contributed by atoms with Gasteiger partial charge in [0.25, 0.3) is 5.91 Å². The van der Waals surface area contributed by atoms with Gasteiger partial charge in [0.05, 0.1) is 6.54 Å². The van der Waals surface area contributed by atoms with Crippen molar-refractivity contribution in [2.45, 2.75) is 51.2 Å². The Morgan fingerprint density at radius 1 is 0.941 bits per heavy atom. The summed E-state index contributed by atoms with van der Waals surface area (Å²) in [5.41, 5.74) is 1.44. The molecule has 2 aromatic carbocycles. The lowest BCUT2D eigenvalue weighted by Gasteiger charge is -2.35. The molecule has 0 bridgehead atoms. The third kappa shape index (κ3) is 6.54. The van der Waals surface area contributed by atoms with Crippen molar-refractivity contribution in [2.24, 2.45) is 0 Å². The first-order valence-electron chi connectivity index (χ1n) is 11.6. The number of nitrogens with zero attached hydrogens (tertiary/aromatic N) is 2. The number of rotatable bonds is 8. The molecule has 4 rings (SSSR count). The van der Waals surface area contributed by atoms with Crippen LogP contribution in [0.2, 0.25) is 0 Å². The smallest absolute Gasteiger partial charge is 0.254 e. The molecule has 0 radical (unpaired) electrons. The molecule has 34 heavy (non-hydrogen) atoms. The average Bonchev–Trinajstić information content (AvgIpc) is 3.37. The SMILES string of the molecule is O=C(CN(C(=O)c1ccc(Br)cc1)C1CCCCC1)N(Cc1ccc(F)cc1)Cc1cccs1. The number of carbonyl (C=O) groups is 2. The van der Waals surface area contributed by atoms with E-state index in [2.05, 4.69) is 15.9 Å². The average molecular weight is 544 g/mol. The van der Waals surface area contributed by atoms with Crippen molar-refractivity contribution in [3.63, 3.8) is 0 Å². The second kappa shape index (κ2) is 11.8. The van der Waals surface area contributed by atoms with E-state index in [9.17, 15) is 14.0 Å². The second-order valence-electron chi connectivity index (χ2n) is 8.69. The van der Waals surface area contributed by atoms with E-state index in [1.165, 1.54) is 18.6 Å². The number of benzene rings is 2. The molecule has 1 aliphatic carbocycles. The number of carbonyl (C=O) groups excluding carboxylic acids is 2. The lowest BCUT2D eigenvalue weighted by Crippen LogP contribution is -2.48. The second-order valence-corrected chi connectivity index (χ2v) is 10.6. The molecule has 1 aromatic heterocycles. The molecule has 178 valence electrons. The highest BCUT2D eigenvalue weighted by molar-refractivity contribution is 9.10. The van der Waals surface area contributed by atoms with E-state index in [4.69, 9.17) is 0 Å². The Bertz CT molecular complexity index is 1080. The predicted octanol–water partition coefficient (Wildman–Crippen LogP) is 6.65. The van der Waals surface area contributed by atoms with Gasteiger partial charge in [-0.2, -0.15) is 0 Å². The van der Waals surface area contributed by atoms with Crippen molar-refractivity contribution >= 4 is 39.1 Å². The zero-order valence-electron chi connectivity index (χ0n) is 19.0. The van der Waals surface area contributed by atoms with Crippen LogP contribution < -0.4 is 0 Å². The van der Waals surface area contributed by atoms with Crippen LogP contribution in [0.4, 0.5) is 4.39 Å². The third-order valence-electron chi connectivity index (χ3n) is 6.24. The van der Waals surface area contributed by atoms with Crippen molar-refractivity contribution in [1.82, 2.24) is 9.80 Å². The van der Waals surface area contributed by atoms with Gasteiger partial charge in [0.15, 0.2) is 0 Å². The van der Waals surface area contributed by atoms with Crippen molar-refractivity contribution < 1.29 is 14.0 Å². The molecule has 0 N–H and O–H groups in total. The maximum absolute atomic E-state index is 13.6. The first-order valence-corrected chi connectivity index (χ1v) is 13.3. The fraction of sp³-hybridized carbons (Fsp3) is 0.333. The van der Waals surface area contributed by atoms with Gasteiger partial charge < -0.3 is 9.80 Å². The minimum absolute atomic E-state index is 0.0339. The number of hydrogen-bond donors (Lipinski definition) is 0. The van der Waals surface area contributed by atoms with Gasteiger partial charge in [-0.3, -0.25) is 9.59 Å². The van der Waals surface area contributed by atoms with Crippen LogP contribution in [0.15, 0.2) is 70.5 Å². The van der Waals surface area contributed by atoms with Gasteiger partial charge in [-0.25, -0.2) is 4.39 Å². The van der Waals surface area contributed by atoms with E-state index in [-0.39, 0.29) is 30.2 Å². The summed E-state index contributed by atoms with van der Waals surface area (Å²) in [6, 6.07) is 17.6. The van der Waals surface area contributed by atoms with E-state index < -0.39 is 0 Å². The van der Waals surface area contributed by atoms with Crippen LogP contribution in [0.1, 0.15) is 52.9 Å². The fourth-order valence-corrected chi connectivity index (χ4v) is 5.38. The Hall–Kier alpha value is -2.51. The molecular weight excluding hydrogens is 515 g/mol. The largest absolute Gasteiger partial charge is 0.332 e. The lowest BCUT2D eigenvalue weighted by atomic mass is 9.93. The maximum Gasteiger partial charge on any atom is 0.254 e. The summed E-state index contributed by atoms with van der Waals surface area (Å²) < 4.78 is 14.3. The molecule has 0 unspecified atom stereocenters. The highest BCUT2D eigenvalue weighted by Crippen LogP contribution is 2.25. The van der Waals surface area contributed by atoms with E-state index >= 15 is 0 Å². The molecule has 2 amide bonds. The molecule has 3 aromatic rings. The quantitative estimate of drug-likeness (QED) is 0.319. The number of hydrogen-bond acceptors (Lipinski definition) is 3. The number of amides is 2. The molecule has 4 nitrogen and oxygen atoms in total. The van der Waals surface area contributed by atoms with Gasteiger partial charge in [-0.1, -0.05) is 53.4 Å². The standard InChI is InChI=1S/C27H28BrFN2O2S/c28-22-12-10-21(11-13-22)27(33)31(24-5-2-1-3-6-24)19-26(32)30(18-25-7-4-16-34-25)17-20-8-14-23(29)15-9-20/h4,7-16,24H,1-3,5-6,17-19H2. The Balaban J connectivity index is 1.57. The molecule has 7 heteroatoms. The summed E-state index contributed by atoms with van der Waals surface area (Å²) in [4.78, 5) is 31.8. The van der Waals surface area contributed by atoms with Crippen LogP contribution in [-0.4, -0.2) is 34.2 Å². The molecule has 1 saturated carbocycles. The first kappa shape index (κ1) is 24.6. The van der Waals surface area contributed by atoms with Gasteiger partial charge in [-0.15, -0.1) is 11.3 Å². The summed E-state index contributed by atoms with van der Waals surface area (Å²) in [5.74, 6) is -0.511. The van der Waals surface area contributed by atoms with Crippen molar-refractivity contribution in [1.29, 1.82) is 0 Å². The van der Waals surface area contributed by atoms with Crippen LogP contribution in [0.5, 0.6) is 0 Å². The molecule has 1 heterocycles. The molecule has 0 saturated heterocycles. The van der Waals surface area contributed by atoms with Crippen LogP contribution in [0.25, 0.3) is 0 Å². The molecule has 1 fully saturated rings. The van der Waals surface area contributed by atoms with Crippen LogP contribution in [-0.2, 0) is 17.9 Å². The van der Waals surface area contributed by atoms with Gasteiger partial charge in [0.1, 0.15) is 12.4 Å². The summed E-state index contributed by atoms with van der Waals surface area (Å²) in [5, 5.41) is 1.99.